The van der Waals surface area contributed by atoms with Gasteiger partial charge in [0.05, 0.1) is 14.2 Å². The minimum Gasteiger partial charge on any atom is -0.497 e. The highest BCUT2D eigenvalue weighted by Gasteiger charge is 2.08. The summed E-state index contributed by atoms with van der Waals surface area (Å²) in [6, 6.07) is 6.99. The summed E-state index contributed by atoms with van der Waals surface area (Å²) in [4.78, 5) is 22.7. The number of methoxy groups -OCH3 is 2. The maximum absolute atomic E-state index is 11.8. The lowest BCUT2D eigenvalue weighted by molar-refractivity contribution is -0.140. The summed E-state index contributed by atoms with van der Waals surface area (Å²) < 4.78 is 9.54. The molecule has 0 saturated carbocycles. The van der Waals surface area contributed by atoms with Gasteiger partial charge in [-0.1, -0.05) is 12.1 Å². The van der Waals surface area contributed by atoms with Gasteiger partial charge in [0.2, 0.25) is 0 Å². The third-order valence-electron chi connectivity index (χ3n) is 2.40. The smallest absolute Gasteiger partial charge is 0.305 e. The molecule has 0 saturated heterocycles. The van der Waals surface area contributed by atoms with Crippen LogP contribution in [0.5, 0.6) is 5.75 Å². The normalized spacial score (nSPS) is 9.76. The number of rotatable bonds is 6. The van der Waals surface area contributed by atoms with Crippen LogP contribution in [0.4, 0.5) is 0 Å². The van der Waals surface area contributed by atoms with Gasteiger partial charge in [-0.3, -0.25) is 9.59 Å². The van der Waals surface area contributed by atoms with Crippen LogP contribution in [0.25, 0.3) is 0 Å². The molecule has 4 heteroatoms. The molecule has 17 heavy (non-hydrogen) atoms. The maximum atomic E-state index is 11.8. The SMILES string of the molecule is COC(=O)CCCC(=O)c1cccc(OC)c1. The second-order valence-electron chi connectivity index (χ2n) is 3.58. The van der Waals surface area contributed by atoms with Gasteiger partial charge in [-0.05, 0) is 18.6 Å². The second kappa shape index (κ2) is 6.68. The van der Waals surface area contributed by atoms with Crippen LogP contribution in [0.1, 0.15) is 29.6 Å². The molecule has 0 aromatic heterocycles. The van der Waals surface area contributed by atoms with E-state index in [2.05, 4.69) is 4.74 Å². The highest BCUT2D eigenvalue weighted by molar-refractivity contribution is 5.96. The largest absolute Gasteiger partial charge is 0.497 e. The Morgan fingerprint density at radius 3 is 2.59 bits per heavy atom. The van der Waals surface area contributed by atoms with Gasteiger partial charge < -0.3 is 9.47 Å². The van der Waals surface area contributed by atoms with Crippen molar-refractivity contribution in [3.05, 3.63) is 29.8 Å². The first-order valence-corrected chi connectivity index (χ1v) is 5.41. The minimum absolute atomic E-state index is 0.00723. The molecule has 0 unspecified atom stereocenters. The van der Waals surface area contributed by atoms with Crippen molar-refractivity contribution in [2.24, 2.45) is 0 Å². The highest BCUT2D eigenvalue weighted by atomic mass is 16.5. The van der Waals surface area contributed by atoms with Gasteiger partial charge in [-0.15, -0.1) is 0 Å². The number of hydrogen-bond donors (Lipinski definition) is 0. The molecule has 0 aliphatic rings. The molecule has 1 aromatic rings. The number of hydrogen-bond acceptors (Lipinski definition) is 4. The van der Waals surface area contributed by atoms with Crippen LogP contribution in [0.3, 0.4) is 0 Å². The number of carbonyl (C=O) groups excluding carboxylic acids is 2. The van der Waals surface area contributed by atoms with Crippen LogP contribution < -0.4 is 4.74 Å². The van der Waals surface area contributed by atoms with Gasteiger partial charge in [-0.25, -0.2) is 0 Å². The van der Waals surface area contributed by atoms with Gasteiger partial charge in [0.1, 0.15) is 5.75 Å². The van der Waals surface area contributed by atoms with Gasteiger partial charge in [0, 0.05) is 18.4 Å². The number of carbonyl (C=O) groups is 2. The summed E-state index contributed by atoms with van der Waals surface area (Å²) in [5.74, 6) is 0.375. The Morgan fingerprint density at radius 2 is 1.94 bits per heavy atom. The number of ketones is 1. The lowest BCUT2D eigenvalue weighted by Gasteiger charge is -2.03. The van der Waals surface area contributed by atoms with E-state index in [0.29, 0.717) is 24.2 Å². The van der Waals surface area contributed by atoms with Crippen molar-refractivity contribution in [3.8, 4) is 5.75 Å². The summed E-state index contributed by atoms with van der Waals surface area (Å²) in [7, 11) is 2.90. The van der Waals surface area contributed by atoms with Crippen LogP contribution in [-0.2, 0) is 9.53 Å². The van der Waals surface area contributed by atoms with Crippen molar-refractivity contribution >= 4 is 11.8 Å². The second-order valence-corrected chi connectivity index (χ2v) is 3.58. The molecule has 0 spiro atoms. The summed E-state index contributed by atoms with van der Waals surface area (Å²) in [5.41, 5.74) is 0.606. The number of benzene rings is 1. The molecule has 0 atom stereocenters. The molecular formula is C13H16O4. The van der Waals surface area contributed by atoms with E-state index >= 15 is 0 Å². The first-order valence-electron chi connectivity index (χ1n) is 5.41. The van der Waals surface area contributed by atoms with Crippen molar-refractivity contribution in [1.29, 1.82) is 0 Å². The van der Waals surface area contributed by atoms with E-state index in [0.717, 1.165) is 0 Å². The molecule has 0 fully saturated rings. The van der Waals surface area contributed by atoms with Crippen LogP contribution in [0, 0.1) is 0 Å². The average Bonchev–Trinajstić information content (AvgIpc) is 2.38. The van der Waals surface area contributed by atoms with E-state index in [9.17, 15) is 9.59 Å². The average molecular weight is 236 g/mol. The molecule has 4 nitrogen and oxygen atoms in total. The predicted molar refractivity (Wildman–Crippen MR) is 63.2 cm³/mol. The monoisotopic (exact) mass is 236 g/mol. The van der Waals surface area contributed by atoms with Gasteiger partial charge >= 0.3 is 5.97 Å². The van der Waals surface area contributed by atoms with Crippen molar-refractivity contribution in [2.75, 3.05) is 14.2 Å². The van der Waals surface area contributed by atoms with E-state index in [4.69, 9.17) is 4.74 Å². The zero-order valence-electron chi connectivity index (χ0n) is 10.1. The van der Waals surface area contributed by atoms with Gasteiger partial charge in [-0.2, -0.15) is 0 Å². The van der Waals surface area contributed by atoms with Crippen LogP contribution >= 0.6 is 0 Å². The number of Topliss-reactive ketones (excluding diaryl/α,β-unsaturated/α-hetero) is 1. The van der Waals surface area contributed by atoms with Gasteiger partial charge in [0.15, 0.2) is 5.78 Å². The lowest BCUT2D eigenvalue weighted by atomic mass is 10.1. The fraction of sp³-hybridized carbons (Fsp3) is 0.385. The van der Waals surface area contributed by atoms with E-state index in [1.54, 1.807) is 31.4 Å². The number of esters is 1. The lowest BCUT2D eigenvalue weighted by Crippen LogP contribution is -2.03. The fourth-order valence-corrected chi connectivity index (χ4v) is 1.44. The third kappa shape index (κ3) is 4.26. The Hall–Kier alpha value is -1.84. The standard InChI is InChI=1S/C13H16O4/c1-16-11-6-3-5-10(9-11)12(14)7-4-8-13(15)17-2/h3,5-6,9H,4,7-8H2,1-2H3. The molecule has 0 heterocycles. The molecule has 0 bridgehead atoms. The van der Waals surface area contributed by atoms with Crippen molar-refractivity contribution < 1.29 is 19.1 Å². The minimum atomic E-state index is -0.288. The van der Waals surface area contributed by atoms with Crippen LogP contribution in [-0.4, -0.2) is 26.0 Å². The molecule has 92 valence electrons. The fourth-order valence-electron chi connectivity index (χ4n) is 1.44. The van der Waals surface area contributed by atoms with Crippen LogP contribution in [0.15, 0.2) is 24.3 Å². The molecule has 0 radical (unpaired) electrons. The van der Waals surface area contributed by atoms with Crippen molar-refractivity contribution in [3.63, 3.8) is 0 Å². The summed E-state index contributed by atoms with van der Waals surface area (Å²) >= 11 is 0. The maximum Gasteiger partial charge on any atom is 0.305 e. The Kier molecular flexibility index (Phi) is 5.20. The van der Waals surface area contributed by atoms with Crippen LogP contribution in [0.2, 0.25) is 0 Å². The van der Waals surface area contributed by atoms with Crippen molar-refractivity contribution in [1.82, 2.24) is 0 Å². The summed E-state index contributed by atoms with van der Waals surface area (Å²) in [6.45, 7) is 0. The first kappa shape index (κ1) is 13.2. The Labute approximate surface area is 101 Å². The zero-order chi connectivity index (χ0) is 12.7. The highest BCUT2D eigenvalue weighted by Crippen LogP contribution is 2.15. The molecule has 0 aliphatic heterocycles. The number of ether oxygens (including phenoxy) is 2. The third-order valence-corrected chi connectivity index (χ3v) is 2.40. The van der Waals surface area contributed by atoms with E-state index in [-0.39, 0.29) is 18.2 Å². The van der Waals surface area contributed by atoms with E-state index in [1.165, 1.54) is 7.11 Å². The summed E-state index contributed by atoms with van der Waals surface area (Å²) in [5, 5.41) is 0. The zero-order valence-corrected chi connectivity index (χ0v) is 10.1. The van der Waals surface area contributed by atoms with Gasteiger partial charge in [0.25, 0.3) is 0 Å². The van der Waals surface area contributed by atoms with Crippen molar-refractivity contribution in [2.45, 2.75) is 19.3 Å². The van der Waals surface area contributed by atoms with E-state index in [1.807, 2.05) is 0 Å². The molecule has 1 rings (SSSR count). The molecule has 0 amide bonds. The molecule has 1 aromatic carbocycles. The Balaban J connectivity index is 2.49. The first-order chi connectivity index (χ1) is 8.17. The molecular weight excluding hydrogens is 220 g/mol. The summed E-state index contributed by atoms with van der Waals surface area (Å²) in [6.07, 6.45) is 1.11. The Bertz CT molecular complexity index is 398. The molecule has 0 N–H and O–H groups in total. The quantitative estimate of drug-likeness (QED) is 0.561. The topological polar surface area (TPSA) is 52.6 Å². The van der Waals surface area contributed by atoms with E-state index < -0.39 is 0 Å². The molecule has 0 aliphatic carbocycles. The predicted octanol–water partition coefficient (Wildman–Crippen LogP) is 2.22. The Morgan fingerprint density at radius 1 is 1.18 bits per heavy atom.